The summed E-state index contributed by atoms with van der Waals surface area (Å²) in [5.41, 5.74) is 0. The van der Waals surface area contributed by atoms with Crippen molar-refractivity contribution in [2.24, 2.45) is 0 Å². The summed E-state index contributed by atoms with van der Waals surface area (Å²) in [6.45, 7) is 4.72. The van der Waals surface area contributed by atoms with Crippen molar-refractivity contribution >= 4 is 11.9 Å². The number of rotatable bonds is 13. The molecule has 0 aliphatic heterocycles. The maximum absolute atomic E-state index is 11.3. The maximum atomic E-state index is 11.3. The van der Waals surface area contributed by atoms with Crippen molar-refractivity contribution < 1.29 is 19.1 Å². The molecule has 0 rings (SSSR count). The van der Waals surface area contributed by atoms with Crippen LogP contribution in [0.2, 0.25) is 0 Å². The second-order valence-electron chi connectivity index (χ2n) is 5.16. The van der Waals surface area contributed by atoms with Gasteiger partial charge in [0, 0.05) is 12.2 Å². The minimum atomic E-state index is -0.530. The van der Waals surface area contributed by atoms with Gasteiger partial charge >= 0.3 is 11.9 Å². The van der Waals surface area contributed by atoms with Crippen molar-refractivity contribution in [2.45, 2.75) is 65.2 Å². The van der Waals surface area contributed by atoms with Crippen LogP contribution in [-0.4, -0.2) is 25.2 Å². The predicted molar refractivity (Wildman–Crippen MR) is 88.5 cm³/mol. The molecule has 0 aliphatic rings. The van der Waals surface area contributed by atoms with E-state index in [2.05, 4.69) is 6.92 Å². The van der Waals surface area contributed by atoms with Crippen LogP contribution in [0.3, 0.4) is 0 Å². The number of carbonyl (C=O) groups excluding carboxylic acids is 2. The van der Waals surface area contributed by atoms with Gasteiger partial charge in [0.25, 0.3) is 0 Å². The number of esters is 2. The molecule has 22 heavy (non-hydrogen) atoms. The molecule has 0 aliphatic carbocycles. The van der Waals surface area contributed by atoms with Crippen LogP contribution in [0.15, 0.2) is 24.3 Å². The Morgan fingerprint density at radius 2 is 1.41 bits per heavy atom. The van der Waals surface area contributed by atoms with Gasteiger partial charge in [0.2, 0.25) is 0 Å². The molecule has 4 nitrogen and oxygen atoms in total. The average Bonchev–Trinajstić information content (AvgIpc) is 2.52. The Labute approximate surface area is 134 Å². The SMILES string of the molecule is CCCCCCCC/C=C/COC(=O)/C=C/C(=O)OCCC. The van der Waals surface area contributed by atoms with Gasteiger partial charge in [-0.2, -0.15) is 0 Å². The molecule has 0 bridgehead atoms. The van der Waals surface area contributed by atoms with Crippen LogP contribution in [0.5, 0.6) is 0 Å². The summed E-state index contributed by atoms with van der Waals surface area (Å²) in [6.07, 6.45) is 15.5. The standard InChI is InChI=1S/C18H30O4/c1-3-5-6-7-8-9-10-11-12-16-22-18(20)14-13-17(19)21-15-4-2/h11-14H,3-10,15-16H2,1-2H3/b12-11+,14-13+. The Morgan fingerprint density at radius 1 is 0.773 bits per heavy atom. The first-order chi connectivity index (χ1) is 10.7. The fourth-order valence-corrected chi connectivity index (χ4v) is 1.79. The zero-order valence-corrected chi connectivity index (χ0v) is 14.0. The van der Waals surface area contributed by atoms with Crippen molar-refractivity contribution in [3.8, 4) is 0 Å². The van der Waals surface area contributed by atoms with Gasteiger partial charge in [-0.15, -0.1) is 0 Å². The summed E-state index contributed by atoms with van der Waals surface area (Å²) in [5, 5.41) is 0. The van der Waals surface area contributed by atoms with Crippen molar-refractivity contribution in [3.05, 3.63) is 24.3 Å². The lowest BCUT2D eigenvalue weighted by atomic mass is 10.1. The molecule has 4 heteroatoms. The van der Waals surface area contributed by atoms with E-state index in [0.29, 0.717) is 6.61 Å². The van der Waals surface area contributed by atoms with E-state index in [1.807, 2.05) is 19.1 Å². The van der Waals surface area contributed by atoms with Crippen LogP contribution in [0.4, 0.5) is 0 Å². The molecule has 0 atom stereocenters. The van der Waals surface area contributed by atoms with Crippen LogP contribution in [0, 0.1) is 0 Å². The third kappa shape index (κ3) is 14.8. The summed E-state index contributed by atoms with van der Waals surface area (Å²) in [4.78, 5) is 22.4. The van der Waals surface area contributed by atoms with Crippen molar-refractivity contribution in [1.82, 2.24) is 0 Å². The number of hydrogen-bond acceptors (Lipinski definition) is 4. The van der Waals surface area contributed by atoms with Gasteiger partial charge in [-0.1, -0.05) is 58.1 Å². The number of unbranched alkanes of at least 4 members (excludes halogenated alkanes) is 6. The van der Waals surface area contributed by atoms with E-state index in [1.54, 1.807) is 0 Å². The first kappa shape index (κ1) is 20.4. The highest BCUT2D eigenvalue weighted by Crippen LogP contribution is 2.07. The van der Waals surface area contributed by atoms with Crippen LogP contribution in [0.1, 0.15) is 65.2 Å². The summed E-state index contributed by atoms with van der Waals surface area (Å²) in [6, 6.07) is 0. The van der Waals surface area contributed by atoms with E-state index < -0.39 is 11.9 Å². The van der Waals surface area contributed by atoms with Gasteiger partial charge in [0.1, 0.15) is 6.61 Å². The normalized spacial score (nSPS) is 11.2. The van der Waals surface area contributed by atoms with Gasteiger partial charge in [-0.25, -0.2) is 9.59 Å². The second-order valence-corrected chi connectivity index (χ2v) is 5.16. The summed E-state index contributed by atoms with van der Waals surface area (Å²) < 4.78 is 9.74. The van der Waals surface area contributed by atoms with Crippen LogP contribution in [0.25, 0.3) is 0 Å². The number of carbonyl (C=O) groups is 2. The fourth-order valence-electron chi connectivity index (χ4n) is 1.79. The zero-order chi connectivity index (χ0) is 16.5. The first-order valence-electron chi connectivity index (χ1n) is 8.37. The van der Waals surface area contributed by atoms with Gasteiger partial charge in [0.15, 0.2) is 0 Å². The third-order valence-electron chi connectivity index (χ3n) is 3.02. The molecular weight excluding hydrogens is 280 g/mol. The lowest BCUT2D eigenvalue weighted by molar-refractivity contribution is -0.140. The molecule has 0 saturated heterocycles. The molecule has 0 unspecified atom stereocenters. The highest BCUT2D eigenvalue weighted by molar-refractivity contribution is 5.91. The molecule has 0 saturated carbocycles. The van der Waals surface area contributed by atoms with Crippen molar-refractivity contribution in [2.75, 3.05) is 13.2 Å². The molecule has 0 aromatic rings. The van der Waals surface area contributed by atoms with Gasteiger partial charge in [-0.05, 0) is 19.3 Å². The van der Waals surface area contributed by atoms with E-state index in [1.165, 1.54) is 38.5 Å². The molecule has 0 amide bonds. The van der Waals surface area contributed by atoms with Crippen LogP contribution in [-0.2, 0) is 19.1 Å². The Bertz CT molecular complexity index is 345. The van der Waals surface area contributed by atoms with E-state index in [-0.39, 0.29) is 6.61 Å². The van der Waals surface area contributed by atoms with Crippen molar-refractivity contribution in [1.29, 1.82) is 0 Å². The highest BCUT2D eigenvalue weighted by atomic mass is 16.5. The van der Waals surface area contributed by atoms with Gasteiger partial charge in [-0.3, -0.25) is 0 Å². The molecule has 0 aromatic carbocycles. The molecule has 0 radical (unpaired) electrons. The number of ether oxygens (including phenoxy) is 2. The number of allylic oxidation sites excluding steroid dienone is 1. The molecule has 0 aromatic heterocycles. The highest BCUT2D eigenvalue weighted by Gasteiger charge is 1.99. The average molecular weight is 310 g/mol. The molecule has 0 spiro atoms. The van der Waals surface area contributed by atoms with Crippen molar-refractivity contribution in [3.63, 3.8) is 0 Å². The molecule has 0 heterocycles. The van der Waals surface area contributed by atoms with E-state index in [9.17, 15) is 9.59 Å². The number of hydrogen-bond donors (Lipinski definition) is 0. The fraction of sp³-hybridized carbons (Fsp3) is 0.667. The smallest absolute Gasteiger partial charge is 0.331 e. The Kier molecular flexibility index (Phi) is 14.7. The van der Waals surface area contributed by atoms with E-state index in [4.69, 9.17) is 9.47 Å². The monoisotopic (exact) mass is 310 g/mol. The van der Waals surface area contributed by atoms with Gasteiger partial charge in [0.05, 0.1) is 6.61 Å². The molecular formula is C18H30O4. The zero-order valence-electron chi connectivity index (χ0n) is 14.0. The topological polar surface area (TPSA) is 52.6 Å². The van der Waals surface area contributed by atoms with Gasteiger partial charge < -0.3 is 9.47 Å². The second kappa shape index (κ2) is 15.8. The van der Waals surface area contributed by atoms with Crippen LogP contribution >= 0.6 is 0 Å². The maximum Gasteiger partial charge on any atom is 0.331 e. The summed E-state index contributed by atoms with van der Waals surface area (Å²) in [7, 11) is 0. The summed E-state index contributed by atoms with van der Waals surface area (Å²) in [5.74, 6) is -1.05. The molecule has 126 valence electrons. The van der Waals surface area contributed by atoms with E-state index >= 15 is 0 Å². The predicted octanol–water partition coefficient (Wildman–Crippen LogP) is 4.35. The van der Waals surface area contributed by atoms with E-state index in [0.717, 1.165) is 25.0 Å². The largest absolute Gasteiger partial charge is 0.463 e. The lowest BCUT2D eigenvalue weighted by Gasteiger charge is -1.99. The minimum absolute atomic E-state index is 0.239. The van der Waals surface area contributed by atoms with Crippen LogP contribution < -0.4 is 0 Å². The minimum Gasteiger partial charge on any atom is -0.463 e. The molecule has 0 fully saturated rings. The molecule has 0 N–H and O–H groups in total. The summed E-state index contributed by atoms with van der Waals surface area (Å²) >= 11 is 0. The third-order valence-corrected chi connectivity index (χ3v) is 3.02. The Balaban J connectivity index is 3.52. The quantitative estimate of drug-likeness (QED) is 0.220. The Hall–Kier alpha value is -1.58. The Morgan fingerprint density at radius 3 is 2.09 bits per heavy atom. The first-order valence-corrected chi connectivity index (χ1v) is 8.37. The lowest BCUT2D eigenvalue weighted by Crippen LogP contribution is -2.04.